The predicted octanol–water partition coefficient (Wildman–Crippen LogP) is 2.56. The molecule has 5 rings (SSSR count). The van der Waals surface area contributed by atoms with Crippen LogP contribution in [0.2, 0.25) is 0 Å². The van der Waals surface area contributed by atoms with Crippen molar-refractivity contribution in [3.05, 3.63) is 29.6 Å². The molecule has 9 heteroatoms. The number of ketones is 1. The van der Waals surface area contributed by atoms with Gasteiger partial charge in [-0.2, -0.15) is 0 Å². The predicted molar refractivity (Wildman–Crippen MR) is 130 cm³/mol. The standard InChI is InChI=1S/C25H33N5O4/c1-17-26-22(15-23(27-17)30-11-9-28(2)10-12-30)29-7-5-25(6-8-29)16-19(31)24-20(33-4)13-18(32-3)14-21(24)34-25/h13-15H,5-12,16H2,1-4H3. The van der Waals surface area contributed by atoms with Crippen LogP contribution in [-0.2, 0) is 0 Å². The van der Waals surface area contributed by atoms with Crippen LogP contribution >= 0.6 is 0 Å². The number of carbonyl (C=O) groups is 1. The lowest BCUT2D eigenvalue weighted by atomic mass is 9.82. The molecule has 2 saturated heterocycles. The number of benzene rings is 1. The first-order valence-electron chi connectivity index (χ1n) is 11.9. The zero-order valence-electron chi connectivity index (χ0n) is 20.5. The van der Waals surface area contributed by atoms with E-state index < -0.39 is 5.60 Å². The summed E-state index contributed by atoms with van der Waals surface area (Å²) in [6.07, 6.45) is 1.83. The van der Waals surface area contributed by atoms with Crippen molar-refractivity contribution >= 4 is 17.4 Å². The highest BCUT2D eigenvalue weighted by molar-refractivity contribution is 6.03. The quantitative estimate of drug-likeness (QED) is 0.674. The minimum Gasteiger partial charge on any atom is -0.496 e. The number of methoxy groups -OCH3 is 2. The van der Waals surface area contributed by atoms with E-state index in [0.717, 1.165) is 69.6 Å². The summed E-state index contributed by atoms with van der Waals surface area (Å²) in [6, 6.07) is 5.63. The fourth-order valence-electron chi connectivity index (χ4n) is 5.17. The maximum atomic E-state index is 13.1. The molecule has 0 unspecified atom stereocenters. The lowest BCUT2D eigenvalue weighted by Gasteiger charge is -2.44. The van der Waals surface area contributed by atoms with Crippen LogP contribution in [0.25, 0.3) is 0 Å². The van der Waals surface area contributed by atoms with E-state index in [0.29, 0.717) is 29.2 Å². The molecule has 9 nitrogen and oxygen atoms in total. The lowest BCUT2D eigenvalue weighted by molar-refractivity contribution is 0.0225. The Balaban J connectivity index is 1.33. The van der Waals surface area contributed by atoms with Gasteiger partial charge >= 0.3 is 0 Å². The van der Waals surface area contributed by atoms with Crippen molar-refractivity contribution in [3.8, 4) is 17.2 Å². The Labute approximate surface area is 200 Å². The van der Waals surface area contributed by atoms with Crippen molar-refractivity contribution in [1.29, 1.82) is 0 Å². The molecule has 0 N–H and O–H groups in total. The third-order valence-corrected chi connectivity index (χ3v) is 7.22. The summed E-state index contributed by atoms with van der Waals surface area (Å²) in [6.45, 7) is 7.50. The molecule has 0 aliphatic carbocycles. The normalized spacial score (nSPS) is 20.2. The molecule has 3 aliphatic heterocycles. The summed E-state index contributed by atoms with van der Waals surface area (Å²) < 4.78 is 17.3. The van der Waals surface area contributed by atoms with Gasteiger partial charge in [-0.25, -0.2) is 9.97 Å². The van der Waals surface area contributed by atoms with Gasteiger partial charge in [0.25, 0.3) is 0 Å². The molecule has 4 heterocycles. The van der Waals surface area contributed by atoms with Gasteiger partial charge in [0.05, 0.1) is 20.6 Å². The maximum absolute atomic E-state index is 13.1. The van der Waals surface area contributed by atoms with E-state index in [4.69, 9.17) is 24.2 Å². The van der Waals surface area contributed by atoms with Gasteiger partial charge in [0.2, 0.25) is 0 Å². The number of piperidine rings is 1. The summed E-state index contributed by atoms with van der Waals surface area (Å²) >= 11 is 0. The average Bonchev–Trinajstić information content (AvgIpc) is 2.83. The van der Waals surface area contributed by atoms with Gasteiger partial charge in [-0.3, -0.25) is 4.79 Å². The molecule has 0 bridgehead atoms. The molecule has 3 aliphatic rings. The largest absolute Gasteiger partial charge is 0.496 e. The van der Waals surface area contributed by atoms with E-state index in [1.54, 1.807) is 26.4 Å². The lowest BCUT2D eigenvalue weighted by Crippen LogP contribution is -2.51. The number of aromatic nitrogens is 2. The van der Waals surface area contributed by atoms with E-state index >= 15 is 0 Å². The first-order chi connectivity index (χ1) is 16.4. The number of likely N-dealkylation sites (N-methyl/N-ethyl adjacent to an activating group) is 1. The molecule has 182 valence electrons. The highest BCUT2D eigenvalue weighted by Crippen LogP contribution is 2.45. The summed E-state index contributed by atoms with van der Waals surface area (Å²) in [7, 11) is 5.31. The van der Waals surface area contributed by atoms with Crippen LogP contribution in [-0.4, -0.2) is 86.8 Å². The highest BCUT2D eigenvalue weighted by Gasteiger charge is 2.44. The molecule has 0 radical (unpaired) electrons. The van der Waals surface area contributed by atoms with Gasteiger partial charge in [-0.1, -0.05) is 0 Å². The zero-order chi connectivity index (χ0) is 23.9. The van der Waals surface area contributed by atoms with Crippen LogP contribution in [0.3, 0.4) is 0 Å². The molecule has 34 heavy (non-hydrogen) atoms. The summed E-state index contributed by atoms with van der Waals surface area (Å²) in [5.41, 5.74) is -0.0000557. The topological polar surface area (TPSA) is 80.3 Å². The van der Waals surface area contributed by atoms with E-state index in [-0.39, 0.29) is 5.78 Å². The van der Waals surface area contributed by atoms with Crippen LogP contribution in [0.4, 0.5) is 11.6 Å². The van der Waals surface area contributed by atoms with Gasteiger partial charge in [0.15, 0.2) is 5.78 Å². The van der Waals surface area contributed by atoms with Gasteiger partial charge in [-0.15, -0.1) is 0 Å². The second-order valence-corrected chi connectivity index (χ2v) is 9.50. The van der Waals surface area contributed by atoms with E-state index in [2.05, 4.69) is 27.8 Å². The number of piperazine rings is 1. The highest BCUT2D eigenvalue weighted by atomic mass is 16.5. The molecule has 2 fully saturated rings. The van der Waals surface area contributed by atoms with Crippen molar-refractivity contribution in [3.63, 3.8) is 0 Å². The molecule has 2 aromatic rings. The minimum absolute atomic E-state index is 0.0597. The Bertz CT molecular complexity index is 1080. The van der Waals surface area contributed by atoms with Crippen molar-refractivity contribution in [2.75, 3.05) is 70.3 Å². The van der Waals surface area contributed by atoms with Crippen LogP contribution < -0.4 is 24.0 Å². The van der Waals surface area contributed by atoms with Gasteiger partial charge < -0.3 is 28.9 Å². The molecule has 0 saturated carbocycles. The average molecular weight is 468 g/mol. The fourth-order valence-corrected chi connectivity index (χ4v) is 5.17. The van der Waals surface area contributed by atoms with Crippen LogP contribution in [0.1, 0.15) is 35.4 Å². The maximum Gasteiger partial charge on any atom is 0.174 e. The Morgan fingerprint density at radius 2 is 1.56 bits per heavy atom. The van der Waals surface area contributed by atoms with Crippen LogP contribution in [0.15, 0.2) is 18.2 Å². The Morgan fingerprint density at radius 3 is 2.18 bits per heavy atom. The summed E-state index contributed by atoms with van der Waals surface area (Å²) in [5, 5.41) is 0. The smallest absolute Gasteiger partial charge is 0.174 e. The zero-order valence-corrected chi connectivity index (χ0v) is 20.5. The number of fused-ring (bicyclic) bond motifs is 1. The van der Waals surface area contributed by atoms with Gasteiger partial charge in [-0.05, 0) is 14.0 Å². The third kappa shape index (κ3) is 4.24. The molecular formula is C25H33N5O4. The number of anilines is 2. The third-order valence-electron chi connectivity index (χ3n) is 7.22. The number of carbonyl (C=O) groups excluding carboxylic acids is 1. The van der Waals surface area contributed by atoms with Crippen LogP contribution in [0.5, 0.6) is 17.2 Å². The minimum atomic E-state index is -0.514. The fraction of sp³-hybridized carbons (Fsp3) is 0.560. The van der Waals surface area contributed by atoms with Gasteiger partial charge in [0, 0.05) is 70.3 Å². The number of rotatable bonds is 4. The Hall–Kier alpha value is -3.07. The Kier molecular flexibility index (Phi) is 5.97. The number of nitrogens with zero attached hydrogens (tertiary/aromatic N) is 5. The first kappa shape index (κ1) is 22.7. The number of hydrogen-bond acceptors (Lipinski definition) is 9. The number of aryl methyl sites for hydroxylation is 1. The summed E-state index contributed by atoms with van der Waals surface area (Å²) in [5.74, 6) is 4.45. The molecule has 1 aromatic carbocycles. The summed E-state index contributed by atoms with van der Waals surface area (Å²) in [4.78, 5) is 29.5. The second kappa shape index (κ2) is 8.94. The van der Waals surface area contributed by atoms with Crippen LogP contribution in [0, 0.1) is 6.92 Å². The number of hydrogen-bond donors (Lipinski definition) is 0. The van der Waals surface area contributed by atoms with Crippen molar-refractivity contribution in [2.24, 2.45) is 0 Å². The SMILES string of the molecule is COc1cc(OC)c2c(c1)OC1(CCN(c3cc(N4CCN(C)CC4)nc(C)n3)CC1)CC2=O. The molecule has 0 atom stereocenters. The van der Waals surface area contributed by atoms with Gasteiger partial charge in [0.1, 0.15) is 45.9 Å². The molecular weight excluding hydrogens is 434 g/mol. The molecule has 1 spiro atoms. The van der Waals surface area contributed by atoms with Crippen molar-refractivity contribution < 1.29 is 19.0 Å². The van der Waals surface area contributed by atoms with Crippen molar-refractivity contribution in [1.82, 2.24) is 14.9 Å². The molecule has 0 amide bonds. The van der Waals surface area contributed by atoms with E-state index in [1.807, 2.05) is 6.92 Å². The number of ether oxygens (including phenoxy) is 3. The second-order valence-electron chi connectivity index (χ2n) is 9.50. The van der Waals surface area contributed by atoms with Crippen molar-refractivity contribution in [2.45, 2.75) is 31.8 Å². The monoisotopic (exact) mass is 467 g/mol. The van der Waals surface area contributed by atoms with E-state index in [9.17, 15) is 4.79 Å². The number of Topliss-reactive ketones (excluding diaryl/α,β-unsaturated/α-hetero) is 1. The Morgan fingerprint density at radius 1 is 0.912 bits per heavy atom. The molecule has 1 aromatic heterocycles. The van der Waals surface area contributed by atoms with E-state index in [1.165, 1.54) is 0 Å². The first-order valence-corrected chi connectivity index (χ1v) is 11.9.